The molecule has 0 unspecified atom stereocenters. The third-order valence-electron chi connectivity index (χ3n) is 2.39. The lowest BCUT2D eigenvalue weighted by atomic mass is 10.2. The molecule has 0 atom stereocenters. The van der Waals surface area contributed by atoms with Crippen molar-refractivity contribution in [1.29, 1.82) is 0 Å². The quantitative estimate of drug-likeness (QED) is 0.829. The maximum Gasteiger partial charge on any atom is 0.412 e. The molecule has 2 N–H and O–H groups in total. The van der Waals surface area contributed by atoms with E-state index in [0.717, 1.165) is 0 Å². The van der Waals surface area contributed by atoms with Crippen LogP contribution in [-0.4, -0.2) is 37.2 Å². The summed E-state index contributed by atoms with van der Waals surface area (Å²) in [7, 11) is 1.24. The van der Waals surface area contributed by atoms with Gasteiger partial charge in [-0.25, -0.2) is 4.79 Å². The minimum Gasteiger partial charge on any atom is -0.468 e. The zero-order valence-electron chi connectivity index (χ0n) is 13.1. The van der Waals surface area contributed by atoms with Crippen LogP contribution < -0.4 is 10.6 Å². The van der Waals surface area contributed by atoms with Crippen molar-refractivity contribution in [3.63, 3.8) is 0 Å². The van der Waals surface area contributed by atoms with Gasteiger partial charge in [0.15, 0.2) is 0 Å². The molecular weight excluding hydrogens is 288 g/mol. The summed E-state index contributed by atoms with van der Waals surface area (Å²) in [6.45, 7) is 5.04. The average Bonchev–Trinajstić information content (AvgIpc) is 2.42. The van der Waals surface area contributed by atoms with Gasteiger partial charge in [0.25, 0.3) is 5.91 Å². The molecule has 1 rings (SSSR count). The van der Waals surface area contributed by atoms with Crippen LogP contribution in [0.3, 0.4) is 0 Å². The summed E-state index contributed by atoms with van der Waals surface area (Å²) in [5.74, 6) is -0.991. The number of anilines is 1. The number of benzene rings is 1. The van der Waals surface area contributed by atoms with Crippen molar-refractivity contribution in [2.75, 3.05) is 19.0 Å². The molecule has 22 heavy (non-hydrogen) atoms. The van der Waals surface area contributed by atoms with Gasteiger partial charge in [-0.05, 0) is 39.0 Å². The van der Waals surface area contributed by atoms with E-state index in [4.69, 9.17) is 4.74 Å². The SMILES string of the molecule is COC(=O)CNC(=O)c1cccc(NC(=O)OC(C)(C)C)c1. The second kappa shape index (κ2) is 7.44. The molecule has 0 aliphatic carbocycles. The third-order valence-corrected chi connectivity index (χ3v) is 2.39. The zero-order valence-corrected chi connectivity index (χ0v) is 13.1. The Kier molecular flexibility index (Phi) is 5.91. The molecule has 0 saturated carbocycles. The molecule has 0 fully saturated rings. The largest absolute Gasteiger partial charge is 0.468 e. The molecule has 0 radical (unpaired) electrons. The van der Waals surface area contributed by atoms with Gasteiger partial charge in [-0.1, -0.05) is 6.07 Å². The first kappa shape index (κ1) is 17.5. The van der Waals surface area contributed by atoms with Crippen molar-refractivity contribution in [3.8, 4) is 0 Å². The van der Waals surface area contributed by atoms with Crippen LogP contribution in [0, 0.1) is 0 Å². The zero-order chi connectivity index (χ0) is 16.8. The van der Waals surface area contributed by atoms with Crippen LogP contribution in [-0.2, 0) is 14.3 Å². The van der Waals surface area contributed by atoms with E-state index in [1.54, 1.807) is 39.0 Å². The van der Waals surface area contributed by atoms with Crippen molar-refractivity contribution < 1.29 is 23.9 Å². The maximum absolute atomic E-state index is 11.9. The minimum absolute atomic E-state index is 0.223. The monoisotopic (exact) mass is 308 g/mol. The van der Waals surface area contributed by atoms with E-state index < -0.39 is 23.6 Å². The summed E-state index contributed by atoms with van der Waals surface area (Å²) < 4.78 is 9.56. The van der Waals surface area contributed by atoms with Crippen LogP contribution in [0.4, 0.5) is 10.5 Å². The fourth-order valence-electron chi connectivity index (χ4n) is 1.49. The number of rotatable bonds is 4. The Morgan fingerprint density at radius 2 is 1.86 bits per heavy atom. The van der Waals surface area contributed by atoms with Crippen molar-refractivity contribution >= 4 is 23.7 Å². The van der Waals surface area contributed by atoms with E-state index in [2.05, 4.69) is 15.4 Å². The number of amides is 2. The maximum atomic E-state index is 11.9. The highest BCUT2D eigenvalue weighted by Gasteiger charge is 2.16. The van der Waals surface area contributed by atoms with E-state index in [9.17, 15) is 14.4 Å². The third kappa shape index (κ3) is 6.25. The van der Waals surface area contributed by atoms with Gasteiger partial charge >= 0.3 is 12.1 Å². The normalized spacial score (nSPS) is 10.5. The molecule has 120 valence electrons. The Hall–Kier alpha value is -2.57. The Morgan fingerprint density at radius 1 is 1.18 bits per heavy atom. The number of esters is 1. The van der Waals surface area contributed by atoms with E-state index >= 15 is 0 Å². The Bertz CT molecular complexity index is 563. The number of carbonyl (C=O) groups excluding carboxylic acids is 3. The molecule has 1 aromatic rings. The van der Waals surface area contributed by atoms with Gasteiger partial charge < -0.3 is 14.8 Å². The predicted molar refractivity (Wildman–Crippen MR) is 80.6 cm³/mol. The standard InChI is InChI=1S/C15H20N2O5/c1-15(2,3)22-14(20)17-11-7-5-6-10(8-11)13(19)16-9-12(18)21-4/h5-8H,9H2,1-4H3,(H,16,19)(H,17,20). The lowest BCUT2D eigenvalue weighted by Gasteiger charge is -2.19. The van der Waals surface area contributed by atoms with E-state index in [0.29, 0.717) is 11.3 Å². The number of carbonyl (C=O) groups is 3. The van der Waals surface area contributed by atoms with Gasteiger partial charge in [-0.2, -0.15) is 0 Å². The summed E-state index contributed by atoms with van der Waals surface area (Å²) in [5, 5.41) is 4.95. The Labute approximate surface area is 129 Å². The first-order valence-corrected chi connectivity index (χ1v) is 6.66. The number of hydrogen-bond donors (Lipinski definition) is 2. The molecular formula is C15H20N2O5. The van der Waals surface area contributed by atoms with E-state index in [1.165, 1.54) is 13.2 Å². The smallest absolute Gasteiger partial charge is 0.412 e. The molecule has 2 amide bonds. The highest BCUT2D eigenvalue weighted by atomic mass is 16.6. The summed E-state index contributed by atoms with van der Waals surface area (Å²) in [5.41, 5.74) is 0.108. The Balaban J connectivity index is 2.67. The highest BCUT2D eigenvalue weighted by Crippen LogP contribution is 2.13. The van der Waals surface area contributed by atoms with Crippen molar-refractivity contribution in [2.24, 2.45) is 0 Å². The Morgan fingerprint density at radius 3 is 2.45 bits per heavy atom. The van der Waals surface area contributed by atoms with E-state index in [1.807, 2.05) is 0 Å². The van der Waals surface area contributed by atoms with Crippen molar-refractivity contribution in [3.05, 3.63) is 29.8 Å². The molecule has 0 heterocycles. The number of methoxy groups -OCH3 is 1. The van der Waals surface area contributed by atoms with Crippen LogP contribution in [0.25, 0.3) is 0 Å². The molecule has 0 bridgehead atoms. The summed E-state index contributed by atoms with van der Waals surface area (Å²) in [6, 6.07) is 6.28. The molecule has 7 nitrogen and oxygen atoms in total. The predicted octanol–water partition coefficient (Wildman–Crippen LogP) is 1.94. The molecule has 1 aromatic carbocycles. The minimum atomic E-state index is -0.612. The first-order valence-electron chi connectivity index (χ1n) is 6.66. The fraction of sp³-hybridized carbons (Fsp3) is 0.400. The molecule has 0 spiro atoms. The van der Waals surface area contributed by atoms with Gasteiger partial charge in [0.1, 0.15) is 12.1 Å². The van der Waals surface area contributed by atoms with Gasteiger partial charge in [0.05, 0.1) is 7.11 Å². The van der Waals surface area contributed by atoms with E-state index in [-0.39, 0.29) is 6.54 Å². The van der Waals surface area contributed by atoms with Crippen LogP contribution in [0.5, 0.6) is 0 Å². The second-order valence-corrected chi connectivity index (χ2v) is 5.47. The van der Waals surface area contributed by atoms with Crippen LogP contribution >= 0.6 is 0 Å². The number of ether oxygens (including phenoxy) is 2. The molecule has 0 saturated heterocycles. The van der Waals surface area contributed by atoms with Gasteiger partial charge in [-0.3, -0.25) is 14.9 Å². The molecule has 0 aliphatic rings. The fourth-order valence-corrected chi connectivity index (χ4v) is 1.49. The molecule has 0 aromatic heterocycles. The summed E-state index contributed by atoms with van der Waals surface area (Å²) in [4.78, 5) is 34.5. The lowest BCUT2D eigenvalue weighted by molar-refractivity contribution is -0.139. The van der Waals surface area contributed by atoms with Crippen molar-refractivity contribution in [1.82, 2.24) is 5.32 Å². The average molecular weight is 308 g/mol. The first-order chi connectivity index (χ1) is 10.2. The lowest BCUT2D eigenvalue weighted by Crippen LogP contribution is -2.30. The van der Waals surface area contributed by atoms with Crippen LogP contribution in [0.15, 0.2) is 24.3 Å². The van der Waals surface area contributed by atoms with Crippen LogP contribution in [0.1, 0.15) is 31.1 Å². The number of hydrogen-bond acceptors (Lipinski definition) is 5. The van der Waals surface area contributed by atoms with Gasteiger partial charge in [0, 0.05) is 11.3 Å². The van der Waals surface area contributed by atoms with Gasteiger partial charge in [0.2, 0.25) is 0 Å². The molecule has 7 heteroatoms. The van der Waals surface area contributed by atoms with Gasteiger partial charge in [-0.15, -0.1) is 0 Å². The molecule has 0 aliphatic heterocycles. The summed E-state index contributed by atoms with van der Waals surface area (Å²) in [6.07, 6.45) is -0.611. The summed E-state index contributed by atoms with van der Waals surface area (Å²) >= 11 is 0. The topological polar surface area (TPSA) is 93.7 Å². The van der Waals surface area contributed by atoms with Crippen molar-refractivity contribution in [2.45, 2.75) is 26.4 Å². The van der Waals surface area contributed by atoms with Crippen LogP contribution in [0.2, 0.25) is 0 Å². The second-order valence-electron chi connectivity index (χ2n) is 5.47. The highest BCUT2D eigenvalue weighted by molar-refractivity contribution is 5.97. The number of nitrogens with one attached hydrogen (secondary N) is 2.